The van der Waals surface area contributed by atoms with Crippen LogP contribution in [-0.2, 0) is 11.2 Å². The molecule has 2 aromatic rings. The summed E-state index contributed by atoms with van der Waals surface area (Å²) in [5, 5.41) is 0. The number of likely N-dealkylation sites (tertiary alicyclic amines) is 1. The largest absolute Gasteiger partial charge is 0.454 e. The minimum atomic E-state index is -0.387. The SMILES string of the molecule is CC(=O)Oc1cccc(C(=O)N2CCC(Cc3ccc4c(c3)OCO4)CC2)c1C. The molecule has 0 aliphatic carbocycles. The Hall–Kier alpha value is -3.02. The van der Waals surface area contributed by atoms with Gasteiger partial charge in [0.25, 0.3) is 5.91 Å². The van der Waals surface area contributed by atoms with Crippen molar-refractivity contribution in [2.24, 2.45) is 5.92 Å². The molecule has 2 heterocycles. The van der Waals surface area contributed by atoms with Gasteiger partial charge in [0.15, 0.2) is 11.5 Å². The molecule has 0 saturated carbocycles. The summed E-state index contributed by atoms with van der Waals surface area (Å²) in [6.45, 7) is 4.92. The maximum atomic E-state index is 13.0. The molecule has 2 aromatic carbocycles. The normalized spacial score (nSPS) is 16.0. The molecule has 1 amide bonds. The van der Waals surface area contributed by atoms with Crippen molar-refractivity contribution in [3.05, 3.63) is 53.1 Å². The van der Waals surface area contributed by atoms with Gasteiger partial charge in [0.05, 0.1) is 0 Å². The summed E-state index contributed by atoms with van der Waals surface area (Å²) in [4.78, 5) is 26.2. The number of hydrogen-bond acceptors (Lipinski definition) is 5. The number of carbonyl (C=O) groups excluding carboxylic acids is 2. The Morgan fingerprint density at radius 2 is 1.86 bits per heavy atom. The van der Waals surface area contributed by atoms with E-state index in [2.05, 4.69) is 12.1 Å². The minimum absolute atomic E-state index is 0.00182. The number of fused-ring (bicyclic) bond motifs is 1. The fourth-order valence-electron chi connectivity index (χ4n) is 4.02. The molecular formula is C23H25NO5. The number of piperidine rings is 1. The van der Waals surface area contributed by atoms with Crippen LogP contribution in [0.15, 0.2) is 36.4 Å². The van der Waals surface area contributed by atoms with Gasteiger partial charge in [-0.05, 0) is 61.9 Å². The molecule has 0 unspecified atom stereocenters. The van der Waals surface area contributed by atoms with Gasteiger partial charge < -0.3 is 19.1 Å². The fraction of sp³-hybridized carbons (Fsp3) is 0.391. The molecule has 1 fully saturated rings. The van der Waals surface area contributed by atoms with Crippen LogP contribution in [0.4, 0.5) is 0 Å². The topological polar surface area (TPSA) is 65.1 Å². The lowest BCUT2D eigenvalue weighted by molar-refractivity contribution is -0.131. The van der Waals surface area contributed by atoms with E-state index in [1.807, 2.05) is 17.9 Å². The predicted molar refractivity (Wildman–Crippen MR) is 107 cm³/mol. The Bertz CT molecular complexity index is 931. The van der Waals surface area contributed by atoms with E-state index >= 15 is 0 Å². The Morgan fingerprint density at radius 3 is 2.62 bits per heavy atom. The monoisotopic (exact) mass is 395 g/mol. The molecule has 0 spiro atoms. The van der Waals surface area contributed by atoms with Gasteiger partial charge in [-0.2, -0.15) is 0 Å². The molecule has 152 valence electrons. The molecular weight excluding hydrogens is 370 g/mol. The van der Waals surface area contributed by atoms with E-state index in [0.717, 1.165) is 43.9 Å². The van der Waals surface area contributed by atoms with Crippen molar-refractivity contribution >= 4 is 11.9 Å². The lowest BCUT2D eigenvalue weighted by Crippen LogP contribution is -2.39. The standard InChI is InChI=1S/C23H25NO5/c1-15-19(4-3-5-20(15)29-16(2)25)23(26)24-10-8-17(9-11-24)12-18-6-7-21-22(13-18)28-14-27-21/h3-7,13,17H,8-12,14H2,1-2H3. The highest BCUT2D eigenvalue weighted by molar-refractivity contribution is 5.96. The van der Waals surface area contributed by atoms with Gasteiger partial charge in [-0.3, -0.25) is 9.59 Å². The van der Waals surface area contributed by atoms with Crippen LogP contribution in [0.3, 0.4) is 0 Å². The zero-order chi connectivity index (χ0) is 20.4. The molecule has 0 bridgehead atoms. The molecule has 6 heteroatoms. The first kappa shape index (κ1) is 19.3. The number of hydrogen-bond donors (Lipinski definition) is 0. The zero-order valence-corrected chi connectivity index (χ0v) is 16.8. The number of ether oxygens (including phenoxy) is 3. The zero-order valence-electron chi connectivity index (χ0n) is 16.8. The number of rotatable bonds is 4. The fourth-order valence-corrected chi connectivity index (χ4v) is 4.02. The molecule has 1 saturated heterocycles. The van der Waals surface area contributed by atoms with Crippen LogP contribution in [-0.4, -0.2) is 36.7 Å². The van der Waals surface area contributed by atoms with Gasteiger partial charge in [-0.15, -0.1) is 0 Å². The molecule has 4 rings (SSSR count). The molecule has 0 radical (unpaired) electrons. The first-order valence-electron chi connectivity index (χ1n) is 9.97. The van der Waals surface area contributed by atoms with Crippen molar-refractivity contribution < 1.29 is 23.8 Å². The Morgan fingerprint density at radius 1 is 1.10 bits per heavy atom. The van der Waals surface area contributed by atoms with Crippen molar-refractivity contribution in [3.63, 3.8) is 0 Å². The van der Waals surface area contributed by atoms with E-state index in [0.29, 0.717) is 22.8 Å². The lowest BCUT2D eigenvalue weighted by Gasteiger charge is -2.32. The van der Waals surface area contributed by atoms with Crippen LogP contribution < -0.4 is 14.2 Å². The van der Waals surface area contributed by atoms with Crippen LogP contribution in [0.1, 0.15) is 41.3 Å². The molecule has 29 heavy (non-hydrogen) atoms. The summed E-state index contributed by atoms with van der Waals surface area (Å²) in [6, 6.07) is 11.4. The first-order chi connectivity index (χ1) is 14.0. The highest BCUT2D eigenvalue weighted by Crippen LogP contribution is 2.34. The number of benzene rings is 2. The van der Waals surface area contributed by atoms with Crippen LogP contribution in [0.2, 0.25) is 0 Å². The van der Waals surface area contributed by atoms with E-state index in [-0.39, 0.29) is 18.7 Å². The highest BCUT2D eigenvalue weighted by atomic mass is 16.7. The quantitative estimate of drug-likeness (QED) is 0.583. The smallest absolute Gasteiger partial charge is 0.308 e. The number of esters is 1. The van der Waals surface area contributed by atoms with Crippen molar-refractivity contribution in [2.75, 3.05) is 19.9 Å². The molecule has 0 atom stereocenters. The Labute approximate surface area is 170 Å². The van der Waals surface area contributed by atoms with Crippen molar-refractivity contribution in [2.45, 2.75) is 33.1 Å². The van der Waals surface area contributed by atoms with Crippen LogP contribution in [0.25, 0.3) is 0 Å². The molecule has 2 aliphatic heterocycles. The Kier molecular flexibility index (Phi) is 5.43. The summed E-state index contributed by atoms with van der Waals surface area (Å²) < 4.78 is 16.0. The Balaban J connectivity index is 1.37. The van der Waals surface area contributed by atoms with Gasteiger partial charge in [0.2, 0.25) is 6.79 Å². The third-order valence-electron chi connectivity index (χ3n) is 5.63. The summed E-state index contributed by atoms with van der Waals surface area (Å²) in [7, 11) is 0. The second-order valence-corrected chi connectivity index (χ2v) is 7.65. The molecule has 0 aromatic heterocycles. The number of amides is 1. The minimum Gasteiger partial charge on any atom is -0.454 e. The summed E-state index contributed by atoms with van der Waals surface area (Å²) >= 11 is 0. The van der Waals surface area contributed by atoms with E-state index in [4.69, 9.17) is 14.2 Å². The third kappa shape index (κ3) is 4.21. The van der Waals surface area contributed by atoms with Gasteiger partial charge in [0, 0.05) is 31.1 Å². The summed E-state index contributed by atoms with van der Waals surface area (Å²) in [5.74, 6) is 2.22. The van der Waals surface area contributed by atoms with Crippen LogP contribution >= 0.6 is 0 Å². The number of nitrogens with zero attached hydrogens (tertiary/aromatic N) is 1. The van der Waals surface area contributed by atoms with Crippen molar-refractivity contribution in [1.82, 2.24) is 4.90 Å². The maximum Gasteiger partial charge on any atom is 0.308 e. The predicted octanol–water partition coefficient (Wildman–Crippen LogP) is 3.74. The highest BCUT2D eigenvalue weighted by Gasteiger charge is 2.26. The van der Waals surface area contributed by atoms with Crippen molar-refractivity contribution in [3.8, 4) is 17.2 Å². The van der Waals surface area contributed by atoms with Gasteiger partial charge in [-0.25, -0.2) is 0 Å². The molecule has 0 N–H and O–H groups in total. The molecule has 6 nitrogen and oxygen atoms in total. The second kappa shape index (κ2) is 8.15. The first-order valence-corrected chi connectivity index (χ1v) is 9.97. The van der Waals surface area contributed by atoms with Crippen LogP contribution in [0.5, 0.6) is 17.2 Å². The van der Waals surface area contributed by atoms with E-state index in [9.17, 15) is 9.59 Å². The summed E-state index contributed by atoms with van der Waals surface area (Å²) in [6.07, 6.45) is 2.89. The van der Waals surface area contributed by atoms with Gasteiger partial charge in [-0.1, -0.05) is 12.1 Å². The maximum absolute atomic E-state index is 13.0. The summed E-state index contributed by atoms with van der Waals surface area (Å²) in [5.41, 5.74) is 2.54. The van der Waals surface area contributed by atoms with Crippen molar-refractivity contribution in [1.29, 1.82) is 0 Å². The third-order valence-corrected chi connectivity index (χ3v) is 5.63. The van der Waals surface area contributed by atoms with Crippen LogP contribution in [0, 0.1) is 12.8 Å². The van der Waals surface area contributed by atoms with Gasteiger partial charge in [0.1, 0.15) is 5.75 Å². The van der Waals surface area contributed by atoms with E-state index < -0.39 is 0 Å². The molecule has 2 aliphatic rings. The lowest BCUT2D eigenvalue weighted by atomic mass is 9.89. The van der Waals surface area contributed by atoms with E-state index in [1.54, 1.807) is 18.2 Å². The second-order valence-electron chi connectivity index (χ2n) is 7.65. The number of carbonyl (C=O) groups is 2. The average Bonchev–Trinajstić information content (AvgIpc) is 3.17. The average molecular weight is 395 g/mol. The van der Waals surface area contributed by atoms with Gasteiger partial charge >= 0.3 is 5.97 Å². The van der Waals surface area contributed by atoms with E-state index in [1.165, 1.54) is 12.5 Å².